The maximum Gasteiger partial charge on any atom is 0.333 e. The van der Waals surface area contributed by atoms with Gasteiger partial charge in [0.15, 0.2) is 0 Å². The number of carbonyl (C=O) groups is 1. The number of anilines is 3. The van der Waals surface area contributed by atoms with Crippen molar-refractivity contribution in [3.8, 4) is 5.75 Å². The summed E-state index contributed by atoms with van der Waals surface area (Å²) < 4.78 is 7.87. The van der Waals surface area contributed by atoms with E-state index >= 15 is 0 Å². The Morgan fingerprint density at radius 2 is 1.79 bits per heavy atom. The van der Waals surface area contributed by atoms with Gasteiger partial charge in [-0.25, -0.2) is 4.68 Å². The number of nitrogens with zero attached hydrogens (tertiary/aromatic N) is 5. The van der Waals surface area contributed by atoms with Gasteiger partial charge in [0.1, 0.15) is 12.3 Å². The molecule has 0 N–H and O–H groups in total. The van der Waals surface area contributed by atoms with Crippen molar-refractivity contribution in [2.24, 2.45) is 0 Å². The first-order valence-corrected chi connectivity index (χ1v) is 11.2. The largest absolute Gasteiger partial charge is 0.494 e. The smallest absolute Gasteiger partial charge is 0.333 e. The standard InChI is InChI=1S/C24H25N5O4/c1-2-33-19-11-9-18(10-12-19)26-14-15-28-22(31)23(32)29(25-24(26)28)16-21(30)27-13-5-7-17-6-3-4-8-20(17)27/h3-4,6,8-12H,2,5,7,13-16H2,1H3. The monoisotopic (exact) mass is 447 g/mol. The lowest BCUT2D eigenvalue weighted by molar-refractivity contribution is -0.119. The number of carbonyl (C=O) groups excluding carboxylic acids is 1. The van der Waals surface area contributed by atoms with E-state index in [-0.39, 0.29) is 12.5 Å². The van der Waals surface area contributed by atoms with E-state index in [1.54, 1.807) is 4.90 Å². The van der Waals surface area contributed by atoms with Crippen LogP contribution in [0.2, 0.25) is 0 Å². The highest BCUT2D eigenvalue weighted by Crippen LogP contribution is 2.29. The zero-order chi connectivity index (χ0) is 22.9. The molecule has 5 rings (SSSR count). The maximum atomic E-state index is 13.1. The molecule has 2 aliphatic rings. The van der Waals surface area contributed by atoms with Crippen LogP contribution in [0, 0.1) is 0 Å². The Kier molecular flexibility index (Phi) is 5.45. The first-order valence-electron chi connectivity index (χ1n) is 11.2. The van der Waals surface area contributed by atoms with Gasteiger partial charge < -0.3 is 14.5 Å². The number of amides is 1. The van der Waals surface area contributed by atoms with Gasteiger partial charge in [0.25, 0.3) is 0 Å². The Labute approximate surface area is 190 Å². The molecular weight excluding hydrogens is 422 g/mol. The highest BCUT2D eigenvalue weighted by atomic mass is 16.5. The molecular formula is C24H25N5O4. The first-order chi connectivity index (χ1) is 16.1. The maximum absolute atomic E-state index is 13.1. The van der Waals surface area contributed by atoms with E-state index in [1.165, 1.54) is 4.57 Å². The van der Waals surface area contributed by atoms with E-state index in [2.05, 4.69) is 5.10 Å². The molecule has 0 aliphatic carbocycles. The van der Waals surface area contributed by atoms with Crippen molar-refractivity contribution < 1.29 is 9.53 Å². The molecule has 0 atom stereocenters. The Hall–Kier alpha value is -3.88. The van der Waals surface area contributed by atoms with Gasteiger partial charge in [0, 0.05) is 31.0 Å². The predicted molar refractivity (Wildman–Crippen MR) is 124 cm³/mol. The van der Waals surface area contributed by atoms with Crippen LogP contribution in [0.15, 0.2) is 58.1 Å². The lowest BCUT2D eigenvalue weighted by Crippen LogP contribution is -2.46. The molecule has 2 aromatic carbocycles. The van der Waals surface area contributed by atoms with Crippen molar-refractivity contribution in [2.75, 3.05) is 29.5 Å². The molecule has 9 heteroatoms. The summed E-state index contributed by atoms with van der Waals surface area (Å²) in [5.41, 5.74) is 1.34. The van der Waals surface area contributed by atoms with Crippen LogP contribution in [0.4, 0.5) is 17.3 Å². The Morgan fingerprint density at radius 1 is 1.00 bits per heavy atom. The molecule has 170 valence electrons. The molecule has 1 aromatic heterocycles. The Morgan fingerprint density at radius 3 is 2.58 bits per heavy atom. The molecule has 3 heterocycles. The number of aromatic nitrogens is 3. The third kappa shape index (κ3) is 3.79. The van der Waals surface area contributed by atoms with Crippen molar-refractivity contribution in [3.63, 3.8) is 0 Å². The molecule has 0 saturated carbocycles. The third-order valence-corrected chi connectivity index (χ3v) is 6.06. The number of hydrogen-bond donors (Lipinski definition) is 0. The topological polar surface area (TPSA) is 89.7 Å². The summed E-state index contributed by atoms with van der Waals surface area (Å²) in [6, 6.07) is 15.3. The number of rotatable bonds is 5. The number of hydrogen-bond acceptors (Lipinski definition) is 6. The SMILES string of the molecule is CCOc1ccc(N2CCn3c2nn(CC(=O)N2CCCc4ccccc42)c(=O)c3=O)cc1. The molecule has 33 heavy (non-hydrogen) atoms. The minimum absolute atomic E-state index is 0.258. The predicted octanol–water partition coefficient (Wildman–Crippen LogP) is 1.93. The second-order valence-electron chi connectivity index (χ2n) is 8.08. The van der Waals surface area contributed by atoms with Gasteiger partial charge in [-0.15, -0.1) is 5.10 Å². The molecule has 0 saturated heterocycles. The first kappa shape index (κ1) is 21.0. The molecule has 0 unspecified atom stereocenters. The van der Waals surface area contributed by atoms with E-state index in [0.29, 0.717) is 32.2 Å². The van der Waals surface area contributed by atoms with E-state index in [4.69, 9.17) is 4.74 Å². The molecule has 0 radical (unpaired) electrons. The van der Waals surface area contributed by atoms with Gasteiger partial charge in [-0.1, -0.05) is 18.2 Å². The lowest BCUT2D eigenvalue weighted by Gasteiger charge is -2.29. The summed E-state index contributed by atoms with van der Waals surface area (Å²) in [7, 11) is 0. The van der Waals surface area contributed by atoms with Gasteiger partial charge in [-0.3, -0.25) is 19.0 Å². The van der Waals surface area contributed by atoms with Gasteiger partial charge in [0.2, 0.25) is 11.9 Å². The molecule has 0 bridgehead atoms. The van der Waals surface area contributed by atoms with Crippen LogP contribution >= 0.6 is 0 Å². The van der Waals surface area contributed by atoms with E-state index in [1.807, 2.05) is 60.4 Å². The number of aryl methyl sites for hydroxylation is 1. The van der Waals surface area contributed by atoms with E-state index in [9.17, 15) is 14.4 Å². The molecule has 2 aliphatic heterocycles. The molecule has 0 spiro atoms. The van der Waals surface area contributed by atoms with Gasteiger partial charge in [-0.2, -0.15) is 0 Å². The fourth-order valence-electron chi connectivity index (χ4n) is 4.47. The summed E-state index contributed by atoms with van der Waals surface area (Å²) in [6.07, 6.45) is 1.76. The minimum atomic E-state index is -0.786. The van der Waals surface area contributed by atoms with Crippen molar-refractivity contribution in [2.45, 2.75) is 32.9 Å². The fourth-order valence-corrected chi connectivity index (χ4v) is 4.47. The van der Waals surface area contributed by atoms with Crippen molar-refractivity contribution in [3.05, 3.63) is 74.8 Å². The molecule has 3 aromatic rings. The average Bonchev–Trinajstić information content (AvgIpc) is 3.26. The van der Waals surface area contributed by atoms with Crippen LogP contribution < -0.4 is 25.7 Å². The summed E-state index contributed by atoms with van der Waals surface area (Å²) in [5, 5.41) is 4.44. The van der Waals surface area contributed by atoms with Crippen LogP contribution in [0.1, 0.15) is 18.9 Å². The number of ether oxygens (including phenoxy) is 1. The van der Waals surface area contributed by atoms with Crippen LogP contribution in [-0.2, 0) is 24.3 Å². The summed E-state index contributed by atoms with van der Waals surface area (Å²) in [5.74, 6) is 0.852. The van der Waals surface area contributed by atoms with Crippen LogP contribution in [-0.4, -0.2) is 40.0 Å². The highest BCUT2D eigenvalue weighted by molar-refractivity contribution is 5.94. The van der Waals surface area contributed by atoms with Crippen LogP contribution in [0.3, 0.4) is 0 Å². The van der Waals surface area contributed by atoms with E-state index in [0.717, 1.165) is 40.2 Å². The quantitative estimate of drug-likeness (QED) is 0.556. The Balaban J connectivity index is 1.45. The van der Waals surface area contributed by atoms with Gasteiger partial charge in [-0.05, 0) is 55.7 Å². The average molecular weight is 447 g/mol. The summed E-state index contributed by atoms with van der Waals surface area (Å²) >= 11 is 0. The Bertz CT molecular complexity index is 1310. The van der Waals surface area contributed by atoms with Crippen molar-refractivity contribution in [1.82, 2.24) is 14.3 Å². The van der Waals surface area contributed by atoms with Crippen molar-refractivity contribution >= 4 is 23.2 Å². The molecule has 0 fully saturated rings. The van der Waals surface area contributed by atoms with Gasteiger partial charge in [0.05, 0.1) is 6.61 Å². The number of para-hydroxylation sites is 1. The second kappa shape index (κ2) is 8.57. The highest BCUT2D eigenvalue weighted by Gasteiger charge is 2.28. The lowest BCUT2D eigenvalue weighted by atomic mass is 10.0. The zero-order valence-corrected chi connectivity index (χ0v) is 18.4. The van der Waals surface area contributed by atoms with Crippen LogP contribution in [0.5, 0.6) is 5.75 Å². The van der Waals surface area contributed by atoms with Gasteiger partial charge >= 0.3 is 11.1 Å². The fraction of sp³-hybridized carbons (Fsp3) is 0.333. The zero-order valence-electron chi connectivity index (χ0n) is 18.4. The van der Waals surface area contributed by atoms with E-state index < -0.39 is 11.1 Å². The minimum Gasteiger partial charge on any atom is -0.494 e. The second-order valence-corrected chi connectivity index (χ2v) is 8.08. The third-order valence-electron chi connectivity index (χ3n) is 6.06. The number of fused-ring (bicyclic) bond motifs is 2. The normalized spacial score (nSPS) is 14.7. The summed E-state index contributed by atoms with van der Waals surface area (Å²) in [6.45, 7) is 3.65. The number of benzene rings is 2. The molecule has 9 nitrogen and oxygen atoms in total. The van der Waals surface area contributed by atoms with Crippen molar-refractivity contribution in [1.29, 1.82) is 0 Å². The van der Waals surface area contributed by atoms with Crippen LogP contribution in [0.25, 0.3) is 0 Å². The summed E-state index contributed by atoms with van der Waals surface area (Å²) in [4.78, 5) is 42.2. The molecule has 1 amide bonds.